The fraction of sp³-hybridized carbons (Fsp3) is 0.545. The zero-order valence-electron chi connectivity index (χ0n) is 9.06. The summed E-state index contributed by atoms with van der Waals surface area (Å²) in [5.41, 5.74) is 1.25. The van der Waals surface area contributed by atoms with Crippen LogP contribution in [0.2, 0.25) is 0 Å². The van der Waals surface area contributed by atoms with Gasteiger partial charge in [-0.3, -0.25) is 4.98 Å². The summed E-state index contributed by atoms with van der Waals surface area (Å²) >= 11 is 9.14. The lowest BCUT2D eigenvalue weighted by molar-refractivity contribution is 0.376. The van der Waals surface area contributed by atoms with Crippen molar-refractivity contribution in [3.63, 3.8) is 0 Å². The third-order valence-corrected chi connectivity index (χ3v) is 2.87. The number of rotatable bonds is 5. The molecule has 1 heterocycles. The van der Waals surface area contributed by atoms with Crippen molar-refractivity contribution >= 4 is 27.5 Å². The second kappa shape index (κ2) is 5.83. The molecule has 0 aromatic carbocycles. The van der Waals surface area contributed by atoms with Crippen LogP contribution in [0.15, 0.2) is 22.9 Å². The molecule has 1 N–H and O–H groups in total. The van der Waals surface area contributed by atoms with Crippen molar-refractivity contribution in [2.45, 2.75) is 32.4 Å². The van der Waals surface area contributed by atoms with E-state index in [1.165, 1.54) is 5.56 Å². The Labute approximate surface area is 105 Å². The highest BCUT2D eigenvalue weighted by Gasteiger charge is 2.15. The molecular weight excluding hydrogens is 275 g/mol. The van der Waals surface area contributed by atoms with E-state index in [2.05, 4.69) is 46.1 Å². The summed E-state index contributed by atoms with van der Waals surface area (Å²) in [7, 11) is 0. The standard InChI is InChI=1S/C11H16BrClN2/c1-11(2,3-4-13)15-7-9-5-10(12)8-14-6-9/h5-6,8,15H,3-4,7H2,1-2H3. The first kappa shape index (κ1) is 12.9. The van der Waals surface area contributed by atoms with E-state index in [1.54, 1.807) is 6.20 Å². The Hall–Kier alpha value is -0.120. The summed E-state index contributed by atoms with van der Waals surface area (Å²) in [5.74, 6) is 0.677. The molecule has 0 aliphatic heterocycles. The van der Waals surface area contributed by atoms with Gasteiger partial charge < -0.3 is 5.32 Å². The predicted molar refractivity (Wildman–Crippen MR) is 68.2 cm³/mol. The van der Waals surface area contributed by atoms with E-state index in [0.29, 0.717) is 5.88 Å². The highest BCUT2D eigenvalue weighted by atomic mass is 79.9. The lowest BCUT2D eigenvalue weighted by Gasteiger charge is -2.25. The van der Waals surface area contributed by atoms with Crippen LogP contribution in [0.1, 0.15) is 25.8 Å². The maximum atomic E-state index is 5.73. The van der Waals surface area contributed by atoms with Gasteiger partial charge in [-0.2, -0.15) is 0 Å². The van der Waals surface area contributed by atoms with Gasteiger partial charge in [0, 0.05) is 34.8 Å². The normalized spacial score (nSPS) is 11.7. The topological polar surface area (TPSA) is 24.9 Å². The first-order chi connectivity index (χ1) is 7.03. The highest BCUT2D eigenvalue weighted by Crippen LogP contribution is 2.13. The van der Waals surface area contributed by atoms with Crippen LogP contribution in [-0.2, 0) is 6.54 Å². The summed E-state index contributed by atoms with van der Waals surface area (Å²) in [4.78, 5) is 4.12. The number of nitrogens with one attached hydrogen (secondary N) is 1. The Morgan fingerprint density at radius 1 is 1.47 bits per heavy atom. The van der Waals surface area contributed by atoms with Gasteiger partial charge in [-0.1, -0.05) is 0 Å². The van der Waals surface area contributed by atoms with E-state index in [9.17, 15) is 0 Å². The minimum Gasteiger partial charge on any atom is -0.308 e. The number of pyridine rings is 1. The van der Waals surface area contributed by atoms with E-state index in [4.69, 9.17) is 11.6 Å². The summed E-state index contributed by atoms with van der Waals surface area (Å²) in [5, 5.41) is 3.46. The van der Waals surface area contributed by atoms with Crippen molar-refractivity contribution in [3.05, 3.63) is 28.5 Å². The first-order valence-corrected chi connectivity index (χ1v) is 6.27. The van der Waals surface area contributed by atoms with E-state index in [1.807, 2.05) is 6.20 Å². The molecule has 15 heavy (non-hydrogen) atoms. The molecule has 0 amide bonds. The molecule has 0 aliphatic rings. The molecule has 0 aliphatic carbocycles. The summed E-state index contributed by atoms with van der Waals surface area (Å²) < 4.78 is 1.01. The SMILES string of the molecule is CC(C)(CCCl)NCc1cncc(Br)c1. The Kier molecular flexibility index (Phi) is 5.03. The smallest absolute Gasteiger partial charge is 0.0410 e. The monoisotopic (exact) mass is 290 g/mol. The Balaban J connectivity index is 2.49. The van der Waals surface area contributed by atoms with E-state index >= 15 is 0 Å². The Bertz CT molecular complexity index is 315. The lowest BCUT2D eigenvalue weighted by atomic mass is 10.0. The second-order valence-electron chi connectivity index (χ2n) is 4.19. The van der Waals surface area contributed by atoms with Gasteiger partial charge in [0.15, 0.2) is 0 Å². The molecule has 4 heteroatoms. The molecule has 84 valence electrons. The maximum Gasteiger partial charge on any atom is 0.0410 e. The summed E-state index contributed by atoms with van der Waals surface area (Å²) in [6.07, 6.45) is 4.61. The molecule has 2 nitrogen and oxygen atoms in total. The van der Waals surface area contributed by atoms with Crippen molar-refractivity contribution in [1.82, 2.24) is 10.3 Å². The molecule has 1 rings (SSSR count). The quantitative estimate of drug-likeness (QED) is 0.842. The van der Waals surface area contributed by atoms with E-state index in [0.717, 1.165) is 17.4 Å². The molecule has 0 bridgehead atoms. The largest absolute Gasteiger partial charge is 0.308 e. The predicted octanol–water partition coefficient (Wildman–Crippen LogP) is 3.34. The van der Waals surface area contributed by atoms with Crippen LogP contribution < -0.4 is 5.32 Å². The van der Waals surface area contributed by atoms with Gasteiger partial charge in [-0.25, -0.2) is 0 Å². The van der Waals surface area contributed by atoms with Crippen LogP contribution in [-0.4, -0.2) is 16.4 Å². The van der Waals surface area contributed by atoms with E-state index < -0.39 is 0 Å². The Morgan fingerprint density at radius 2 is 2.20 bits per heavy atom. The number of hydrogen-bond donors (Lipinski definition) is 1. The molecule has 0 radical (unpaired) electrons. The molecule has 1 aromatic heterocycles. The zero-order valence-corrected chi connectivity index (χ0v) is 11.4. The molecule has 0 saturated carbocycles. The van der Waals surface area contributed by atoms with Crippen LogP contribution in [0.3, 0.4) is 0 Å². The molecule has 0 fully saturated rings. The second-order valence-corrected chi connectivity index (χ2v) is 5.48. The van der Waals surface area contributed by atoms with Gasteiger partial charge in [0.25, 0.3) is 0 Å². The van der Waals surface area contributed by atoms with Gasteiger partial charge in [-0.05, 0) is 47.8 Å². The summed E-state index contributed by atoms with van der Waals surface area (Å²) in [6, 6.07) is 2.07. The molecule has 0 unspecified atom stereocenters. The molecule has 0 spiro atoms. The lowest BCUT2D eigenvalue weighted by Crippen LogP contribution is -2.39. The van der Waals surface area contributed by atoms with Crippen molar-refractivity contribution in [2.24, 2.45) is 0 Å². The van der Waals surface area contributed by atoms with Crippen LogP contribution in [0.25, 0.3) is 0 Å². The number of aromatic nitrogens is 1. The van der Waals surface area contributed by atoms with Crippen molar-refractivity contribution in [2.75, 3.05) is 5.88 Å². The fourth-order valence-corrected chi connectivity index (χ4v) is 2.10. The first-order valence-electron chi connectivity index (χ1n) is 4.94. The van der Waals surface area contributed by atoms with Gasteiger partial charge in [0.2, 0.25) is 0 Å². The Morgan fingerprint density at radius 3 is 2.80 bits per heavy atom. The van der Waals surface area contributed by atoms with Crippen LogP contribution >= 0.6 is 27.5 Å². The van der Waals surface area contributed by atoms with Crippen molar-refractivity contribution < 1.29 is 0 Å². The van der Waals surface area contributed by atoms with Crippen LogP contribution in [0.4, 0.5) is 0 Å². The summed E-state index contributed by atoms with van der Waals surface area (Å²) in [6.45, 7) is 5.12. The van der Waals surface area contributed by atoms with Gasteiger partial charge in [0.1, 0.15) is 0 Å². The molecule has 1 aromatic rings. The average molecular weight is 292 g/mol. The van der Waals surface area contributed by atoms with Crippen molar-refractivity contribution in [1.29, 1.82) is 0 Å². The number of alkyl halides is 1. The third kappa shape index (κ3) is 4.96. The minimum atomic E-state index is 0.0735. The zero-order chi connectivity index (χ0) is 11.3. The third-order valence-electron chi connectivity index (χ3n) is 2.25. The van der Waals surface area contributed by atoms with Gasteiger partial charge in [0.05, 0.1) is 0 Å². The molecule has 0 saturated heterocycles. The van der Waals surface area contributed by atoms with E-state index in [-0.39, 0.29) is 5.54 Å². The highest BCUT2D eigenvalue weighted by molar-refractivity contribution is 9.10. The van der Waals surface area contributed by atoms with Crippen LogP contribution in [0.5, 0.6) is 0 Å². The number of nitrogens with zero attached hydrogens (tertiary/aromatic N) is 1. The molecular formula is C11H16BrClN2. The maximum absolute atomic E-state index is 5.73. The number of hydrogen-bond acceptors (Lipinski definition) is 2. The fourth-order valence-electron chi connectivity index (χ4n) is 1.22. The average Bonchev–Trinajstić information content (AvgIpc) is 2.15. The number of halogens is 2. The van der Waals surface area contributed by atoms with Crippen LogP contribution in [0, 0.1) is 0 Å². The van der Waals surface area contributed by atoms with Crippen molar-refractivity contribution in [3.8, 4) is 0 Å². The van der Waals surface area contributed by atoms with Gasteiger partial charge in [-0.15, -0.1) is 11.6 Å². The van der Waals surface area contributed by atoms with Gasteiger partial charge >= 0.3 is 0 Å². The molecule has 0 atom stereocenters. The minimum absolute atomic E-state index is 0.0735.